The number of hydrogen-bond acceptors (Lipinski definition) is 6. The van der Waals surface area contributed by atoms with Crippen molar-refractivity contribution in [3.63, 3.8) is 0 Å². The molecule has 0 bridgehead atoms. The molecule has 1 aromatic heterocycles. The Hall–Kier alpha value is -0.600. The third kappa shape index (κ3) is 5.12. The van der Waals surface area contributed by atoms with Crippen LogP contribution >= 0.6 is 58.5 Å². The van der Waals surface area contributed by atoms with E-state index in [9.17, 15) is 9.59 Å². The van der Waals surface area contributed by atoms with E-state index in [0.29, 0.717) is 0 Å². The average molecular weight is 367 g/mol. The first-order valence-corrected chi connectivity index (χ1v) is 6.43. The molecule has 1 aromatic rings. The van der Waals surface area contributed by atoms with Crippen LogP contribution in [0, 0.1) is 0 Å². The van der Waals surface area contributed by atoms with Crippen molar-refractivity contribution in [1.82, 2.24) is 4.98 Å². The number of nitrogens with zero attached hydrogens (tertiary/aromatic N) is 2. The van der Waals surface area contributed by atoms with Crippen molar-refractivity contribution in [2.24, 2.45) is 5.16 Å². The van der Waals surface area contributed by atoms with Crippen molar-refractivity contribution in [3.8, 4) is 0 Å². The van der Waals surface area contributed by atoms with Gasteiger partial charge in [-0.25, -0.2) is 4.98 Å². The highest BCUT2D eigenvalue weighted by molar-refractivity contribution is 7.20. The van der Waals surface area contributed by atoms with Crippen LogP contribution in [0.4, 0.5) is 5.13 Å². The van der Waals surface area contributed by atoms with Crippen LogP contribution < -0.4 is 5.32 Å². The van der Waals surface area contributed by atoms with Gasteiger partial charge in [0.2, 0.25) is 5.91 Å². The van der Waals surface area contributed by atoms with Gasteiger partial charge in [-0.15, -0.1) is 24.0 Å². The smallest absolute Gasteiger partial charge is 0.276 e. The zero-order valence-corrected chi connectivity index (χ0v) is 13.2. The summed E-state index contributed by atoms with van der Waals surface area (Å²) in [6, 6.07) is 0. The van der Waals surface area contributed by atoms with Crippen LogP contribution in [0.25, 0.3) is 0 Å². The number of amides is 1. The molecule has 19 heavy (non-hydrogen) atoms. The van der Waals surface area contributed by atoms with Gasteiger partial charge in [0.05, 0.1) is 0 Å². The molecule has 0 saturated carbocycles. The van der Waals surface area contributed by atoms with E-state index in [4.69, 9.17) is 34.8 Å². The van der Waals surface area contributed by atoms with Crippen LogP contribution in [0.1, 0.15) is 5.69 Å². The van der Waals surface area contributed by atoms with Crippen molar-refractivity contribution in [2.45, 2.75) is 0 Å². The lowest BCUT2D eigenvalue weighted by molar-refractivity contribution is -0.114. The summed E-state index contributed by atoms with van der Waals surface area (Å²) >= 11 is 17.5. The molecule has 1 amide bonds. The second-order valence-electron chi connectivity index (χ2n) is 2.72. The van der Waals surface area contributed by atoms with Crippen LogP contribution in [0.2, 0.25) is 4.34 Å². The Morgan fingerprint density at radius 1 is 1.53 bits per heavy atom. The van der Waals surface area contributed by atoms with Gasteiger partial charge < -0.3 is 10.2 Å². The predicted octanol–water partition coefficient (Wildman–Crippen LogP) is 2.51. The van der Waals surface area contributed by atoms with E-state index in [1.807, 2.05) is 0 Å². The van der Waals surface area contributed by atoms with Crippen LogP contribution in [0.5, 0.6) is 0 Å². The van der Waals surface area contributed by atoms with Gasteiger partial charge in [0.15, 0.2) is 10.8 Å². The van der Waals surface area contributed by atoms with E-state index in [1.165, 1.54) is 7.11 Å². The third-order valence-electron chi connectivity index (χ3n) is 1.55. The molecule has 0 saturated heterocycles. The largest absolute Gasteiger partial charge is 0.398 e. The van der Waals surface area contributed by atoms with Crippen LogP contribution in [0.3, 0.4) is 0 Å². The van der Waals surface area contributed by atoms with Crippen LogP contribution in [-0.2, 0) is 14.4 Å². The molecule has 0 aliphatic rings. The van der Waals surface area contributed by atoms with Crippen molar-refractivity contribution in [1.29, 1.82) is 0 Å². The van der Waals surface area contributed by atoms with Gasteiger partial charge in [-0.3, -0.25) is 9.59 Å². The number of carbonyl (C=O) groups excluding carboxylic acids is 2. The minimum atomic E-state index is -0.876. The zero-order valence-electron chi connectivity index (χ0n) is 9.28. The van der Waals surface area contributed by atoms with Gasteiger partial charge in [0.25, 0.3) is 5.24 Å². The molecule has 0 spiro atoms. The lowest BCUT2D eigenvalue weighted by Gasteiger charge is -1.97. The van der Waals surface area contributed by atoms with Gasteiger partial charge in [0, 0.05) is 0 Å². The molecule has 0 radical (unpaired) electrons. The highest BCUT2D eigenvalue weighted by Gasteiger charge is 2.21. The number of aromatic nitrogens is 1. The molecule has 0 aliphatic carbocycles. The number of oxime groups is 1. The summed E-state index contributed by atoms with van der Waals surface area (Å²) in [5.74, 6) is -0.670. The van der Waals surface area contributed by atoms with Gasteiger partial charge in [-0.1, -0.05) is 28.1 Å². The van der Waals surface area contributed by atoms with Gasteiger partial charge in [-0.05, 0) is 11.6 Å². The maximum absolute atomic E-state index is 11.1. The highest BCUT2D eigenvalue weighted by atomic mass is 35.5. The summed E-state index contributed by atoms with van der Waals surface area (Å²) in [4.78, 5) is 30.6. The first kappa shape index (κ1) is 18.4. The summed E-state index contributed by atoms with van der Waals surface area (Å²) in [7, 11) is 1.25. The van der Waals surface area contributed by atoms with Gasteiger partial charge in [-0.2, -0.15) is 0 Å². The average Bonchev–Trinajstić information content (AvgIpc) is 2.66. The van der Waals surface area contributed by atoms with E-state index in [2.05, 4.69) is 20.3 Å². The van der Waals surface area contributed by atoms with Crippen molar-refractivity contribution in [2.75, 3.05) is 18.3 Å². The maximum Gasteiger partial charge on any atom is 0.276 e. The Labute approximate surface area is 133 Å². The molecular weight excluding hydrogens is 360 g/mol. The van der Waals surface area contributed by atoms with E-state index < -0.39 is 11.1 Å². The van der Waals surface area contributed by atoms with E-state index in [1.54, 1.807) is 0 Å². The first-order valence-electron chi connectivity index (χ1n) is 4.33. The molecule has 106 valence electrons. The topological polar surface area (TPSA) is 80.7 Å². The summed E-state index contributed by atoms with van der Waals surface area (Å²) in [5, 5.41) is 5.12. The molecular formula is C8H7Cl4N3O3S. The second-order valence-corrected chi connectivity index (χ2v) is 4.93. The molecule has 11 heteroatoms. The number of nitrogens with one attached hydrogen (secondary N) is 1. The predicted molar refractivity (Wildman–Crippen MR) is 78.1 cm³/mol. The summed E-state index contributed by atoms with van der Waals surface area (Å²) in [6.45, 7) is 0. The molecule has 0 aromatic carbocycles. The Balaban J connectivity index is 0.00000324. The molecule has 1 N–H and O–H groups in total. The molecule has 0 aliphatic heterocycles. The Morgan fingerprint density at radius 2 is 2.16 bits per heavy atom. The van der Waals surface area contributed by atoms with Crippen molar-refractivity contribution in [3.05, 3.63) is 10.0 Å². The lowest BCUT2D eigenvalue weighted by atomic mass is 10.3. The standard InChI is InChI=1S/C8H6Cl3N3O3S.ClH/c1-17-14-4(6(10)16)5-7(11)18-8(13-5)12-3(15)2-9;/h2H2,1H3,(H,12,13,15);1H/b14-4-;. The Bertz CT molecular complexity index is 505. The number of carbonyl (C=O) groups is 2. The molecule has 0 fully saturated rings. The fraction of sp³-hybridized carbons (Fsp3) is 0.250. The number of rotatable bonds is 5. The third-order valence-corrected chi connectivity index (χ3v) is 3.14. The quantitative estimate of drug-likeness (QED) is 0.375. The Kier molecular flexibility index (Phi) is 8.28. The number of alkyl halides is 1. The normalized spacial score (nSPS) is 10.6. The highest BCUT2D eigenvalue weighted by Crippen LogP contribution is 2.29. The second kappa shape index (κ2) is 8.55. The Morgan fingerprint density at radius 3 is 2.63 bits per heavy atom. The zero-order chi connectivity index (χ0) is 13.7. The lowest BCUT2D eigenvalue weighted by Crippen LogP contribution is -2.14. The maximum atomic E-state index is 11.1. The summed E-state index contributed by atoms with van der Waals surface area (Å²) in [5.41, 5.74) is -0.208. The molecule has 6 nitrogen and oxygen atoms in total. The van der Waals surface area contributed by atoms with Crippen molar-refractivity contribution >= 4 is 80.5 Å². The fourth-order valence-electron chi connectivity index (χ4n) is 0.917. The summed E-state index contributed by atoms with van der Waals surface area (Å²) < 4.78 is 0.143. The van der Waals surface area contributed by atoms with Crippen molar-refractivity contribution < 1.29 is 14.4 Å². The number of anilines is 1. The number of hydrogen-bond donors (Lipinski definition) is 1. The van der Waals surface area contributed by atoms with E-state index in [0.717, 1.165) is 11.3 Å². The minimum absolute atomic E-state index is 0. The fourth-order valence-corrected chi connectivity index (χ4v) is 2.17. The SMILES string of the molecule is CO/N=C(\C(=O)Cl)c1nc(NC(=O)CCl)sc1Cl.Cl. The van der Waals surface area contributed by atoms with E-state index >= 15 is 0 Å². The number of thiazole rings is 1. The van der Waals surface area contributed by atoms with Crippen LogP contribution in [-0.4, -0.2) is 34.8 Å². The van der Waals surface area contributed by atoms with Gasteiger partial charge in [0.1, 0.15) is 23.0 Å². The minimum Gasteiger partial charge on any atom is -0.398 e. The van der Waals surface area contributed by atoms with Crippen LogP contribution in [0.15, 0.2) is 5.16 Å². The number of halogens is 4. The molecule has 0 atom stereocenters. The van der Waals surface area contributed by atoms with E-state index in [-0.39, 0.29) is 39.2 Å². The van der Waals surface area contributed by atoms with Gasteiger partial charge >= 0.3 is 0 Å². The monoisotopic (exact) mass is 365 g/mol. The first-order chi connectivity index (χ1) is 8.49. The summed E-state index contributed by atoms with van der Waals surface area (Å²) in [6.07, 6.45) is 0. The molecule has 1 rings (SSSR count). The molecule has 0 unspecified atom stereocenters. The molecule has 1 heterocycles.